The lowest BCUT2D eigenvalue weighted by atomic mass is 9.90. The molecule has 1 aliphatic rings. The number of nitrogens with one attached hydrogen (secondary N) is 2. The van der Waals surface area contributed by atoms with Gasteiger partial charge >= 0.3 is 6.09 Å². The fourth-order valence-electron chi connectivity index (χ4n) is 3.21. The van der Waals surface area contributed by atoms with E-state index in [1.54, 1.807) is 19.3 Å². The summed E-state index contributed by atoms with van der Waals surface area (Å²) in [6.45, 7) is 5.92. The van der Waals surface area contributed by atoms with E-state index in [9.17, 15) is 9.59 Å². The molecule has 0 saturated heterocycles. The lowest BCUT2D eigenvalue weighted by molar-refractivity contribution is 0.0437. The van der Waals surface area contributed by atoms with E-state index in [2.05, 4.69) is 15.7 Å². The Bertz CT molecular complexity index is 596. The summed E-state index contributed by atoms with van der Waals surface area (Å²) in [5.41, 5.74) is -0.512. The molecule has 7 heteroatoms. The maximum absolute atomic E-state index is 12.4. The summed E-state index contributed by atoms with van der Waals surface area (Å²) >= 11 is 0. The first kappa shape index (κ1) is 19.3. The van der Waals surface area contributed by atoms with Gasteiger partial charge in [-0.25, -0.2) is 4.79 Å². The van der Waals surface area contributed by atoms with Gasteiger partial charge in [-0.3, -0.25) is 9.48 Å². The summed E-state index contributed by atoms with van der Waals surface area (Å²) in [5, 5.41) is 10.0. The molecule has 140 valence electrons. The van der Waals surface area contributed by atoms with E-state index >= 15 is 0 Å². The fourth-order valence-corrected chi connectivity index (χ4v) is 3.21. The molecule has 1 aliphatic carbocycles. The number of carbonyl (C=O) groups excluding carboxylic acids is 2. The highest BCUT2D eigenvalue weighted by atomic mass is 16.6. The van der Waals surface area contributed by atoms with Gasteiger partial charge in [0.2, 0.25) is 0 Å². The standard InChI is InChI=1S/C18H30N4O3/c1-17(2,3)25-16(24)21-18(10-7-5-6-8-11-18)13-19-15(23)14-9-12-20-22(14)4/h9,12H,5-8,10-11,13H2,1-4H3,(H,19,23)(H,21,24). The van der Waals surface area contributed by atoms with Crippen molar-refractivity contribution in [1.82, 2.24) is 20.4 Å². The second kappa shape index (κ2) is 7.89. The van der Waals surface area contributed by atoms with Gasteiger partial charge in [0, 0.05) is 19.8 Å². The number of alkyl carbamates (subject to hydrolysis) is 1. The fraction of sp³-hybridized carbons (Fsp3) is 0.722. The number of carbonyl (C=O) groups is 2. The van der Waals surface area contributed by atoms with Gasteiger partial charge in [0.05, 0.1) is 5.54 Å². The van der Waals surface area contributed by atoms with E-state index in [0.717, 1.165) is 38.5 Å². The normalized spacial score (nSPS) is 17.4. The number of hydrogen-bond donors (Lipinski definition) is 2. The lowest BCUT2D eigenvalue weighted by Gasteiger charge is -2.35. The number of hydrogen-bond acceptors (Lipinski definition) is 4. The van der Waals surface area contributed by atoms with Gasteiger partial charge < -0.3 is 15.4 Å². The first-order chi connectivity index (χ1) is 11.7. The molecule has 0 bridgehead atoms. The van der Waals surface area contributed by atoms with Gasteiger partial charge in [-0.1, -0.05) is 25.7 Å². The van der Waals surface area contributed by atoms with Crippen molar-refractivity contribution >= 4 is 12.0 Å². The third-order valence-electron chi connectivity index (χ3n) is 4.47. The highest BCUT2D eigenvalue weighted by Gasteiger charge is 2.34. The van der Waals surface area contributed by atoms with Crippen LogP contribution in [0, 0.1) is 0 Å². The number of ether oxygens (including phenoxy) is 1. The van der Waals surface area contributed by atoms with E-state index in [1.165, 1.54) is 4.68 Å². The van der Waals surface area contributed by atoms with Gasteiger partial charge in [-0.2, -0.15) is 5.10 Å². The quantitative estimate of drug-likeness (QED) is 0.818. The third-order valence-corrected chi connectivity index (χ3v) is 4.47. The van der Waals surface area contributed by atoms with E-state index in [-0.39, 0.29) is 5.91 Å². The number of aryl methyl sites for hydroxylation is 1. The molecule has 0 atom stereocenters. The average Bonchev–Trinajstić information content (AvgIpc) is 2.79. The highest BCUT2D eigenvalue weighted by molar-refractivity contribution is 5.92. The molecule has 2 amide bonds. The lowest BCUT2D eigenvalue weighted by Crippen LogP contribution is -2.56. The third kappa shape index (κ3) is 5.76. The molecular formula is C18H30N4O3. The van der Waals surface area contributed by atoms with Crippen molar-refractivity contribution in [2.45, 2.75) is 70.4 Å². The summed E-state index contributed by atoms with van der Waals surface area (Å²) in [6.07, 6.45) is 7.17. The minimum Gasteiger partial charge on any atom is -0.444 e. The molecule has 2 N–H and O–H groups in total. The molecule has 0 aliphatic heterocycles. The predicted molar refractivity (Wildman–Crippen MR) is 95.3 cm³/mol. The second-order valence-electron chi connectivity index (χ2n) is 7.84. The van der Waals surface area contributed by atoms with Gasteiger partial charge in [-0.05, 0) is 39.7 Å². The van der Waals surface area contributed by atoms with E-state index in [0.29, 0.717) is 12.2 Å². The minimum absolute atomic E-state index is 0.186. The van der Waals surface area contributed by atoms with Crippen molar-refractivity contribution in [2.24, 2.45) is 7.05 Å². The first-order valence-electron chi connectivity index (χ1n) is 8.98. The summed E-state index contributed by atoms with van der Waals surface area (Å²) in [7, 11) is 1.73. The van der Waals surface area contributed by atoms with Gasteiger partial charge in [0.25, 0.3) is 5.91 Å². The number of aromatic nitrogens is 2. The Kier molecular flexibility index (Phi) is 6.08. The molecule has 7 nitrogen and oxygen atoms in total. The molecular weight excluding hydrogens is 320 g/mol. The Labute approximate surface area is 149 Å². The molecule has 1 saturated carbocycles. The Balaban J connectivity index is 2.05. The monoisotopic (exact) mass is 350 g/mol. The maximum atomic E-state index is 12.4. The molecule has 25 heavy (non-hydrogen) atoms. The van der Waals surface area contributed by atoms with Crippen molar-refractivity contribution < 1.29 is 14.3 Å². The van der Waals surface area contributed by atoms with Crippen LogP contribution in [0.2, 0.25) is 0 Å². The SMILES string of the molecule is Cn1nccc1C(=O)NCC1(NC(=O)OC(C)(C)C)CCCCCC1. The van der Waals surface area contributed by atoms with Crippen LogP contribution in [0.4, 0.5) is 4.79 Å². The molecule has 0 aromatic carbocycles. The van der Waals surface area contributed by atoms with Gasteiger partial charge in [0.15, 0.2) is 0 Å². The van der Waals surface area contributed by atoms with Crippen LogP contribution in [0.15, 0.2) is 12.3 Å². The average molecular weight is 350 g/mol. The largest absolute Gasteiger partial charge is 0.444 e. The van der Waals surface area contributed by atoms with E-state index < -0.39 is 17.2 Å². The summed E-state index contributed by atoms with van der Waals surface area (Å²) < 4.78 is 6.97. The van der Waals surface area contributed by atoms with Crippen LogP contribution in [0.25, 0.3) is 0 Å². The molecule has 1 aromatic heterocycles. The van der Waals surface area contributed by atoms with E-state index in [1.807, 2.05) is 20.8 Å². The summed E-state index contributed by atoms with van der Waals surface area (Å²) in [4.78, 5) is 24.7. The van der Waals surface area contributed by atoms with Crippen LogP contribution >= 0.6 is 0 Å². The zero-order chi connectivity index (χ0) is 18.5. The number of rotatable bonds is 4. The van der Waals surface area contributed by atoms with Crippen molar-refractivity contribution in [3.63, 3.8) is 0 Å². The molecule has 1 heterocycles. The Morgan fingerprint density at radius 3 is 2.40 bits per heavy atom. The predicted octanol–water partition coefficient (Wildman–Crippen LogP) is 2.77. The highest BCUT2D eigenvalue weighted by Crippen LogP contribution is 2.27. The Morgan fingerprint density at radius 2 is 1.88 bits per heavy atom. The maximum Gasteiger partial charge on any atom is 0.408 e. The molecule has 1 aromatic rings. The minimum atomic E-state index is -0.548. The molecule has 2 rings (SSSR count). The zero-order valence-corrected chi connectivity index (χ0v) is 15.7. The van der Waals surface area contributed by atoms with Crippen LogP contribution in [-0.4, -0.2) is 39.5 Å². The van der Waals surface area contributed by atoms with Gasteiger partial charge in [-0.15, -0.1) is 0 Å². The number of nitrogens with zero attached hydrogens (tertiary/aromatic N) is 2. The first-order valence-corrected chi connectivity index (χ1v) is 8.98. The van der Waals surface area contributed by atoms with Crippen LogP contribution in [0.5, 0.6) is 0 Å². The molecule has 0 radical (unpaired) electrons. The second-order valence-corrected chi connectivity index (χ2v) is 7.84. The molecule has 0 unspecified atom stereocenters. The van der Waals surface area contributed by atoms with E-state index in [4.69, 9.17) is 4.74 Å². The summed E-state index contributed by atoms with van der Waals surface area (Å²) in [5.74, 6) is -0.186. The van der Waals surface area contributed by atoms with Crippen molar-refractivity contribution in [1.29, 1.82) is 0 Å². The summed E-state index contributed by atoms with van der Waals surface area (Å²) in [6, 6.07) is 1.68. The van der Waals surface area contributed by atoms with Crippen LogP contribution in [0.3, 0.4) is 0 Å². The molecule has 0 spiro atoms. The smallest absolute Gasteiger partial charge is 0.408 e. The topological polar surface area (TPSA) is 85.3 Å². The zero-order valence-electron chi connectivity index (χ0n) is 15.7. The van der Waals surface area contributed by atoms with Crippen molar-refractivity contribution in [3.05, 3.63) is 18.0 Å². The van der Waals surface area contributed by atoms with Crippen LogP contribution in [-0.2, 0) is 11.8 Å². The van der Waals surface area contributed by atoms with Gasteiger partial charge in [0.1, 0.15) is 11.3 Å². The van der Waals surface area contributed by atoms with Crippen molar-refractivity contribution in [2.75, 3.05) is 6.54 Å². The Hall–Kier alpha value is -2.05. The van der Waals surface area contributed by atoms with Crippen LogP contribution in [0.1, 0.15) is 69.8 Å². The van der Waals surface area contributed by atoms with Crippen LogP contribution < -0.4 is 10.6 Å². The number of amides is 2. The Morgan fingerprint density at radius 1 is 1.24 bits per heavy atom. The molecule has 1 fully saturated rings. The van der Waals surface area contributed by atoms with Crippen molar-refractivity contribution in [3.8, 4) is 0 Å².